The first kappa shape index (κ1) is 17.3. The minimum atomic E-state index is 0. The summed E-state index contributed by atoms with van der Waals surface area (Å²) >= 11 is 0. The summed E-state index contributed by atoms with van der Waals surface area (Å²) in [6.07, 6.45) is 5.63. The molecule has 1 aromatic rings. The van der Waals surface area contributed by atoms with Crippen LogP contribution in [0.3, 0.4) is 0 Å². The van der Waals surface area contributed by atoms with Gasteiger partial charge in [-0.05, 0) is 30.9 Å². The van der Waals surface area contributed by atoms with Crippen molar-refractivity contribution in [1.82, 2.24) is 9.88 Å². The number of ether oxygens (including phenoxy) is 2. The summed E-state index contributed by atoms with van der Waals surface area (Å²) in [5.41, 5.74) is 7.08. The van der Waals surface area contributed by atoms with Crippen molar-refractivity contribution in [2.24, 2.45) is 10.7 Å². The quantitative estimate of drug-likeness (QED) is 0.459. The number of pyridine rings is 1. The van der Waals surface area contributed by atoms with Gasteiger partial charge in [0.25, 0.3) is 0 Å². The van der Waals surface area contributed by atoms with Crippen molar-refractivity contribution in [3.8, 4) is 5.88 Å². The number of rotatable bonds is 4. The number of guanidine groups is 1. The molecule has 1 aliphatic carbocycles. The minimum absolute atomic E-state index is 0. The van der Waals surface area contributed by atoms with Gasteiger partial charge in [-0.1, -0.05) is 0 Å². The van der Waals surface area contributed by atoms with Crippen molar-refractivity contribution < 1.29 is 9.47 Å². The fraction of sp³-hybridized carbons (Fsp3) is 0.600. The van der Waals surface area contributed by atoms with Gasteiger partial charge in [0.15, 0.2) is 5.96 Å². The van der Waals surface area contributed by atoms with E-state index in [1.54, 1.807) is 6.20 Å². The third-order valence-corrected chi connectivity index (χ3v) is 3.90. The summed E-state index contributed by atoms with van der Waals surface area (Å²) < 4.78 is 11.1. The second kappa shape index (κ2) is 8.52. The highest BCUT2D eigenvalue weighted by molar-refractivity contribution is 14.0. The predicted octanol–water partition coefficient (Wildman–Crippen LogP) is 1.78. The lowest BCUT2D eigenvalue weighted by Gasteiger charge is -2.27. The van der Waals surface area contributed by atoms with E-state index >= 15 is 0 Å². The molecule has 2 aliphatic rings. The number of halogens is 1. The van der Waals surface area contributed by atoms with Gasteiger partial charge in [0, 0.05) is 25.4 Å². The number of hydrogen-bond acceptors (Lipinski definition) is 4. The average Bonchev–Trinajstić information content (AvgIpc) is 2.50. The molecule has 122 valence electrons. The summed E-state index contributed by atoms with van der Waals surface area (Å²) in [5.74, 6) is 1.27. The molecule has 0 radical (unpaired) electrons. The van der Waals surface area contributed by atoms with E-state index in [0.717, 1.165) is 31.5 Å². The van der Waals surface area contributed by atoms with Crippen molar-refractivity contribution in [3.63, 3.8) is 0 Å². The Morgan fingerprint density at radius 2 is 2.18 bits per heavy atom. The summed E-state index contributed by atoms with van der Waals surface area (Å²) in [6.45, 7) is 3.59. The zero-order valence-electron chi connectivity index (χ0n) is 12.6. The average molecular weight is 418 g/mol. The molecule has 2 N–H and O–H groups in total. The molecule has 2 fully saturated rings. The Hall–Kier alpha value is -1.09. The highest BCUT2D eigenvalue weighted by Gasteiger charge is 2.19. The molecule has 1 aliphatic heterocycles. The lowest BCUT2D eigenvalue weighted by atomic mass is 9.96. The fourth-order valence-corrected chi connectivity index (χ4v) is 2.34. The van der Waals surface area contributed by atoms with Crippen LogP contribution in [-0.4, -0.2) is 48.3 Å². The summed E-state index contributed by atoms with van der Waals surface area (Å²) in [5, 5.41) is 0. The second-order valence-corrected chi connectivity index (χ2v) is 5.45. The van der Waals surface area contributed by atoms with E-state index in [-0.39, 0.29) is 24.0 Å². The zero-order chi connectivity index (χ0) is 14.5. The third kappa shape index (κ3) is 4.70. The summed E-state index contributed by atoms with van der Waals surface area (Å²) in [7, 11) is 0. The molecular weight excluding hydrogens is 395 g/mol. The van der Waals surface area contributed by atoms with Gasteiger partial charge in [0.2, 0.25) is 5.88 Å². The fourth-order valence-electron chi connectivity index (χ4n) is 2.34. The molecule has 1 saturated heterocycles. The molecule has 0 bridgehead atoms. The van der Waals surface area contributed by atoms with Crippen LogP contribution >= 0.6 is 24.0 Å². The van der Waals surface area contributed by atoms with Gasteiger partial charge in [-0.3, -0.25) is 0 Å². The smallest absolute Gasteiger partial charge is 0.213 e. The first-order valence-corrected chi connectivity index (χ1v) is 7.55. The minimum Gasteiger partial charge on any atom is -0.474 e. The maximum atomic E-state index is 6.02. The summed E-state index contributed by atoms with van der Waals surface area (Å²) in [4.78, 5) is 10.8. The van der Waals surface area contributed by atoms with Crippen LogP contribution in [0.25, 0.3) is 0 Å². The summed E-state index contributed by atoms with van der Waals surface area (Å²) in [6, 6.07) is 3.90. The van der Waals surface area contributed by atoms with E-state index in [2.05, 4.69) is 14.9 Å². The maximum Gasteiger partial charge on any atom is 0.213 e. The molecule has 22 heavy (non-hydrogen) atoms. The van der Waals surface area contributed by atoms with E-state index in [0.29, 0.717) is 37.7 Å². The largest absolute Gasteiger partial charge is 0.474 e. The lowest BCUT2D eigenvalue weighted by molar-refractivity contribution is 0.0674. The highest BCUT2D eigenvalue weighted by Crippen LogP contribution is 2.24. The van der Waals surface area contributed by atoms with Gasteiger partial charge < -0.3 is 20.1 Å². The van der Waals surface area contributed by atoms with Crippen molar-refractivity contribution in [3.05, 3.63) is 23.9 Å². The van der Waals surface area contributed by atoms with Gasteiger partial charge in [-0.25, -0.2) is 9.98 Å². The molecule has 1 aromatic heterocycles. The van der Waals surface area contributed by atoms with Crippen molar-refractivity contribution in [2.45, 2.75) is 31.9 Å². The van der Waals surface area contributed by atoms with Gasteiger partial charge >= 0.3 is 0 Å². The molecule has 7 heteroatoms. The molecule has 0 amide bonds. The van der Waals surface area contributed by atoms with Gasteiger partial charge in [0.1, 0.15) is 6.10 Å². The predicted molar refractivity (Wildman–Crippen MR) is 95.6 cm³/mol. The van der Waals surface area contributed by atoms with E-state index in [4.69, 9.17) is 15.2 Å². The van der Waals surface area contributed by atoms with Crippen molar-refractivity contribution >= 4 is 29.9 Å². The van der Waals surface area contributed by atoms with Crippen LogP contribution in [-0.2, 0) is 11.3 Å². The number of aromatic nitrogens is 1. The van der Waals surface area contributed by atoms with Gasteiger partial charge in [0.05, 0.1) is 19.8 Å². The number of nitrogens with zero attached hydrogens (tertiary/aromatic N) is 3. The van der Waals surface area contributed by atoms with Crippen LogP contribution in [0.15, 0.2) is 23.3 Å². The van der Waals surface area contributed by atoms with Crippen molar-refractivity contribution in [1.29, 1.82) is 0 Å². The van der Waals surface area contributed by atoms with Crippen LogP contribution < -0.4 is 10.5 Å². The lowest BCUT2D eigenvalue weighted by Crippen LogP contribution is -2.44. The molecule has 3 rings (SSSR count). The number of hydrogen-bond donors (Lipinski definition) is 1. The Balaban J connectivity index is 0.00000176. The van der Waals surface area contributed by atoms with Gasteiger partial charge in [-0.15, -0.1) is 24.0 Å². The molecule has 6 nitrogen and oxygen atoms in total. The first-order valence-electron chi connectivity index (χ1n) is 7.55. The Morgan fingerprint density at radius 1 is 1.41 bits per heavy atom. The first-order chi connectivity index (χ1) is 10.3. The normalized spacial score (nSPS) is 19.3. The Morgan fingerprint density at radius 3 is 2.86 bits per heavy atom. The molecule has 2 heterocycles. The monoisotopic (exact) mass is 418 g/mol. The molecule has 0 spiro atoms. The third-order valence-electron chi connectivity index (χ3n) is 3.90. The van der Waals surface area contributed by atoms with E-state index in [1.807, 2.05) is 12.1 Å². The number of nitrogens with two attached hydrogens (primary N) is 1. The SMILES string of the molecule is I.NC(=NCc1ccnc(OC2CCC2)c1)N1CCOCC1. The maximum absolute atomic E-state index is 6.02. The number of aliphatic imine (C=N–C) groups is 1. The Labute approximate surface area is 148 Å². The zero-order valence-corrected chi connectivity index (χ0v) is 14.9. The molecule has 0 unspecified atom stereocenters. The molecule has 1 saturated carbocycles. The van der Waals surface area contributed by atoms with Crippen molar-refractivity contribution in [2.75, 3.05) is 26.3 Å². The van der Waals surface area contributed by atoms with Crippen LogP contribution in [0.1, 0.15) is 24.8 Å². The topological polar surface area (TPSA) is 73.0 Å². The Kier molecular flexibility index (Phi) is 6.69. The van der Waals surface area contributed by atoms with Gasteiger partial charge in [-0.2, -0.15) is 0 Å². The standard InChI is InChI=1S/C15H22N4O2.HI/c16-15(19-6-8-20-9-7-19)18-11-12-4-5-17-14(10-12)21-13-2-1-3-13;/h4-5,10,13H,1-3,6-9,11H2,(H2,16,18);1H. The van der Waals surface area contributed by atoms with Crippen LogP contribution in [0.2, 0.25) is 0 Å². The van der Waals surface area contributed by atoms with E-state index < -0.39 is 0 Å². The second-order valence-electron chi connectivity index (χ2n) is 5.45. The van der Waals surface area contributed by atoms with Crippen LogP contribution in [0, 0.1) is 0 Å². The van der Waals surface area contributed by atoms with Crippen LogP contribution in [0.4, 0.5) is 0 Å². The molecule has 0 atom stereocenters. The molecule has 0 aromatic carbocycles. The highest BCUT2D eigenvalue weighted by atomic mass is 127. The molecular formula is C15H23IN4O2. The van der Waals surface area contributed by atoms with E-state index in [1.165, 1.54) is 6.42 Å². The number of morpholine rings is 1. The van der Waals surface area contributed by atoms with E-state index in [9.17, 15) is 0 Å². The Bertz CT molecular complexity index is 502. The van der Waals surface area contributed by atoms with Crippen LogP contribution in [0.5, 0.6) is 5.88 Å².